The Morgan fingerprint density at radius 1 is 1.38 bits per heavy atom. The van der Waals surface area contributed by atoms with Gasteiger partial charge in [0, 0.05) is 13.1 Å². The van der Waals surface area contributed by atoms with Crippen molar-refractivity contribution in [1.29, 1.82) is 5.41 Å². The zero-order valence-electron chi connectivity index (χ0n) is 17.8. The molecular weight excluding hydrogens is 440 g/mol. The Bertz CT molecular complexity index is 905. The number of carbonyl (C=O) groups is 1. The van der Waals surface area contributed by atoms with Crippen LogP contribution in [-0.2, 0) is 19.6 Å². The Morgan fingerprint density at radius 3 is 2.69 bits per heavy atom. The van der Waals surface area contributed by atoms with Crippen molar-refractivity contribution in [3.05, 3.63) is 29.8 Å². The van der Waals surface area contributed by atoms with Gasteiger partial charge in [0.2, 0.25) is 10.0 Å². The number of hydrogen-bond donors (Lipinski definition) is 6. The van der Waals surface area contributed by atoms with Crippen LogP contribution in [0.2, 0.25) is 0 Å². The summed E-state index contributed by atoms with van der Waals surface area (Å²) in [6.07, 6.45) is -0.739. The molecule has 0 fully saturated rings. The normalized spacial score (nSPS) is 15.6. The first-order valence-electron chi connectivity index (χ1n) is 10.0. The molecule has 0 spiro atoms. The number of guanidine groups is 1. The van der Waals surface area contributed by atoms with Crippen molar-refractivity contribution in [1.82, 2.24) is 15.4 Å². The second-order valence-electron chi connectivity index (χ2n) is 7.09. The molecule has 32 heavy (non-hydrogen) atoms. The molecule has 1 aromatic rings. The van der Waals surface area contributed by atoms with Gasteiger partial charge in [-0.2, -0.15) is 0 Å². The molecule has 2 unspecified atom stereocenters. The van der Waals surface area contributed by atoms with Gasteiger partial charge in [-0.25, -0.2) is 13.1 Å². The van der Waals surface area contributed by atoms with Crippen LogP contribution < -0.4 is 25.8 Å². The number of nitrogens with two attached hydrogens (primary N) is 1. The summed E-state index contributed by atoms with van der Waals surface area (Å²) in [4.78, 5) is 16.0. The van der Waals surface area contributed by atoms with E-state index in [0.717, 1.165) is 32.6 Å². The predicted molar refractivity (Wildman–Crippen MR) is 119 cm³/mol. The first-order chi connectivity index (χ1) is 15.2. The minimum atomic E-state index is -4.03. The summed E-state index contributed by atoms with van der Waals surface area (Å²) in [5.74, 6) is -0.708. The third-order valence-electron chi connectivity index (χ3n) is 4.45. The van der Waals surface area contributed by atoms with Crippen LogP contribution in [0.5, 0.6) is 5.75 Å². The van der Waals surface area contributed by atoms with Crippen molar-refractivity contribution in [2.24, 2.45) is 10.7 Å². The lowest BCUT2D eigenvalue weighted by Crippen LogP contribution is -2.44. The molecule has 0 aliphatic carbocycles. The molecule has 1 aliphatic rings. The van der Waals surface area contributed by atoms with Crippen LogP contribution in [0.1, 0.15) is 24.5 Å². The quantitative estimate of drug-likeness (QED) is 0.0946. The van der Waals surface area contributed by atoms with E-state index in [1.165, 1.54) is 0 Å². The van der Waals surface area contributed by atoms with Crippen LogP contribution >= 0.6 is 0 Å². The summed E-state index contributed by atoms with van der Waals surface area (Å²) in [5, 5.41) is 24.1. The molecule has 178 valence electrons. The van der Waals surface area contributed by atoms with E-state index in [0.29, 0.717) is 24.5 Å². The molecule has 2 rings (SSSR count). The molecular formula is C19H30N6O6S. The zero-order chi connectivity index (χ0) is 23.6. The van der Waals surface area contributed by atoms with Crippen LogP contribution in [0.4, 0.5) is 0 Å². The molecule has 0 aromatic heterocycles. The fraction of sp³-hybridized carbons (Fsp3) is 0.526. The van der Waals surface area contributed by atoms with Gasteiger partial charge in [-0.1, -0.05) is 12.1 Å². The van der Waals surface area contributed by atoms with E-state index < -0.39 is 46.1 Å². The number of hydrogen-bond acceptors (Lipinski definition) is 10. The van der Waals surface area contributed by atoms with E-state index in [1.54, 1.807) is 24.3 Å². The summed E-state index contributed by atoms with van der Waals surface area (Å²) in [6.45, 7) is 2.62. The fourth-order valence-corrected chi connectivity index (χ4v) is 4.11. The predicted octanol–water partition coefficient (Wildman–Crippen LogP) is -1.18. The van der Waals surface area contributed by atoms with Crippen molar-refractivity contribution in [2.45, 2.75) is 25.0 Å². The Labute approximate surface area is 187 Å². The smallest absolute Gasteiger partial charge is 0.307 e. The number of benzene rings is 1. The highest BCUT2D eigenvalue weighted by Crippen LogP contribution is 2.23. The topological polar surface area (TPSA) is 188 Å². The molecule has 0 saturated heterocycles. The molecule has 0 amide bonds. The second-order valence-corrected chi connectivity index (χ2v) is 8.84. The lowest BCUT2D eigenvalue weighted by molar-refractivity contribution is -0.141. The maximum atomic E-state index is 12.1. The number of nitrogens with zero attached hydrogens (tertiary/aromatic N) is 1. The van der Waals surface area contributed by atoms with Gasteiger partial charge in [0.25, 0.3) is 0 Å². The standard InChI is InChI=1S/C19H30N6O6S/c1-30-17(26)11-15(25-32(28,29)12-16(20)21)18(27)13-3-5-14(6-4-13)31-10-9-24-19-22-7-2-8-23-19/h3-6,15,18,25,27H,2,7-12H2,1H3,(H3,20,21)(H2,22,23,24). The van der Waals surface area contributed by atoms with Crippen LogP contribution in [0.25, 0.3) is 0 Å². The molecule has 13 heteroatoms. The fourth-order valence-electron chi connectivity index (χ4n) is 2.94. The van der Waals surface area contributed by atoms with E-state index in [9.17, 15) is 18.3 Å². The number of methoxy groups -OCH3 is 1. The van der Waals surface area contributed by atoms with Crippen LogP contribution in [0.15, 0.2) is 29.3 Å². The first-order valence-corrected chi connectivity index (χ1v) is 11.7. The van der Waals surface area contributed by atoms with Gasteiger partial charge in [0.05, 0.1) is 32.2 Å². The molecule has 0 radical (unpaired) electrons. The molecule has 1 aliphatic heterocycles. The molecule has 0 saturated carbocycles. The number of ether oxygens (including phenoxy) is 2. The zero-order valence-corrected chi connectivity index (χ0v) is 18.7. The third-order valence-corrected chi connectivity index (χ3v) is 5.81. The summed E-state index contributed by atoms with van der Waals surface area (Å²) >= 11 is 0. The van der Waals surface area contributed by atoms with Gasteiger partial charge in [0.1, 0.15) is 23.9 Å². The van der Waals surface area contributed by atoms with Gasteiger partial charge >= 0.3 is 5.97 Å². The SMILES string of the molecule is COC(=O)CC(NS(=O)(=O)CC(=N)N)C(O)c1ccc(OCCNC2=NCCCN2)cc1. The number of rotatable bonds is 12. The average Bonchev–Trinajstić information content (AvgIpc) is 2.75. The number of aliphatic hydroxyl groups excluding tert-OH is 1. The molecule has 1 heterocycles. The highest BCUT2D eigenvalue weighted by molar-refractivity contribution is 7.90. The van der Waals surface area contributed by atoms with Crippen molar-refractivity contribution in [3.63, 3.8) is 0 Å². The Balaban J connectivity index is 1.96. The van der Waals surface area contributed by atoms with E-state index in [1.807, 2.05) is 0 Å². The van der Waals surface area contributed by atoms with E-state index in [2.05, 4.69) is 25.1 Å². The summed E-state index contributed by atoms with van der Waals surface area (Å²) in [5.41, 5.74) is 5.53. The minimum Gasteiger partial charge on any atom is -0.492 e. The Morgan fingerprint density at radius 2 is 2.09 bits per heavy atom. The summed E-state index contributed by atoms with van der Waals surface area (Å²) in [7, 11) is -2.87. The largest absolute Gasteiger partial charge is 0.492 e. The third kappa shape index (κ3) is 8.69. The number of carbonyl (C=O) groups excluding carboxylic acids is 1. The van der Waals surface area contributed by atoms with Gasteiger partial charge in [0.15, 0.2) is 5.96 Å². The first kappa shape index (κ1) is 25.4. The Kier molecular flexibility index (Phi) is 9.68. The summed E-state index contributed by atoms with van der Waals surface area (Å²) in [6, 6.07) is 5.21. The van der Waals surface area contributed by atoms with Gasteiger partial charge < -0.3 is 30.9 Å². The number of esters is 1. The second kappa shape index (κ2) is 12.2. The maximum Gasteiger partial charge on any atom is 0.307 e. The highest BCUT2D eigenvalue weighted by Gasteiger charge is 2.29. The van der Waals surface area contributed by atoms with Crippen molar-refractivity contribution in [3.8, 4) is 5.75 Å². The number of aliphatic imine (C=N–C) groups is 1. The lowest BCUT2D eigenvalue weighted by atomic mass is 10.0. The molecule has 2 atom stereocenters. The minimum absolute atomic E-state index is 0.371. The number of amidine groups is 1. The Hall–Kier alpha value is -2.90. The highest BCUT2D eigenvalue weighted by atomic mass is 32.2. The van der Waals surface area contributed by atoms with E-state index >= 15 is 0 Å². The molecule has 12 nitrogen and oxygen atoms in total. The van der Waals surface area contributed by atoms with Crippen LogP contribution in [0.3, 0.4) is 0 Å². The summed E-state index contributed by atoms with van der Waals surface area (Å²) < 4.78 is 36.7. The lowest BCUT2D eigenvalue weighted by Gasteiger charge is -2.23. The van der Waals surface area contributed by atoms with Gasteiger partial charge in [-0.3, -0.25) is 15.2 Å². The van der Waals surface area contributed by atoms with Crippen molar-refractivity contribution in [2.75, 3.05) is 39.1 Å². The van der Waals surface area contributed by atoms with E-state index in [-0.39, 0.29) is 0 Å². The monoisotopic (exact) mass is 470 g/mol. The van der Waals surface area contributed by atoms with E-state index in [4.69, 9.17) is 15.9 Å². The molecule has 0 bridgehead atoms. The number of sulfonamides is 1. The van der Waals surface area contributed by atoms with Crippen LogP contribution in [0, 0.1) is 5.41 Å². The van der Waals surface area contributed by atoms with Crippen LogP contribution in [-0.4, -0.2) is 76.4 Å². The van der Waals surface area contributed by atoms with Gasteiger partial charge in [-0.15, -0.1) is 0 Å². The number of aliphatic hydroxyl groups is 1. The van der Waals surface area contributed by atoms with Crippen molar-refractivity contribution < 1.29 is 27.8 Å². The average molecular weight is 471 g/mol. The molecule has 1 aromatic carbocycles. The number of nitrogens with one attached hydrogen (secondary N) is 4. The van der Waals surface area contributed by atoms with Crippen molar-refractivity contribution >= 4 is 27.8 Å². The molecule has 7 N–H and O–H groups in total. The van der Waals surface area contributed by atoms with Gasteiger partial charge in [-0.05, 0) is 24.1 Å². The maximum absolute atomic E-state index is 12.1.